The number of hydrogen-bond acceptors (Lipinski definition) is 4. The zero-order valence-corrected chi connectivity index (χ0v) is 14.5. The van der Waals surface area contributed by atoms with Crippen molar-refractivity contribution < 1.29 is 17.6 Å². The summed E-state index contributed by atoms with van der Waals surface area (Å²) in [4.78, 5) is 5.38. The zero-order valence-electron chi connectivity index (χ0n) is 13.7. The molecule has 0 aliphatic carbocycles. The number of nitrogens with two attached hydrogens (primary N) is 1. The Morgan fingerprint density at radius 3 is 2.17 bits per heavy atom. The lowest BCUT2D eigenvalue weighted by atomic mass is 10.1. The van der Waals surface area contributed by atoms with Crippen LogP contribution in [0.3, 0.4) is 0 Å². The lowest BCUT2D eigenvalue weighted by Crippen LogP contribution is -2.31. The largest absolute Gasteiger partial charge is 0.330 e. The first-order valence-electron chi connectivity index (χ1n) is 7.98. The van der Waals surface area contributed by atoms with Crippen LogP contribution >= 0.6 is 0 Å². The molecule has 1 aromatic carbocycles. The van der Waals surface area contributed by atoms with E-state index in [9.17, 15) is 12.8 Å². The maximum Gasteiger partial charge on any atom is 0.233 e. The third kappa shape index (κ3) is 9.00. The van der Waals surface area contributed by atoms with E-state index >= 15 is 0 Å². The molecule has 0 bridgehead atoms. The van der Waals surface area contributed by atoms with Crippen LogP contribution in [-0.4, -0.2) is 32.2 Å². The highest BCUT2D eigenvalue weighted by Crippen LogP contribution is 2.11. The fourth-order valence-corrected chi connectivity index (χ4v) is 2.85. The molecular weight excluding hydrogens is 319 g/mol. The number of benzene rings is 1. The molecule has 0 spiro atoms. The third-order valence-electron chi connectivity index (χ3n) is 3.45. The van der Waals surface area contributed by atoms with Gasteiger partial charge in [-0.3, -0.25) is 4.84 Å². The summed E-state index contributed by atoms with van der Waals surface area (Å²) in [6.07, 6.45) is 7.17. The van der Waals surface area contributed by atoms with Crippen molar-refractivity contribution in [1.29, 1.82) is 0 Å². The lowest BCUT2D eigenvalue weighted by molar-refractivity contribution is -0.0962. The Kier molecular flexibility index (Phi) is 9.31. The Labute approximate surface area is 138 Å². The van der Waals surface area contributed by atoms with Crippen molar-refractivity contribution >= 4 is 10.0 Å². The molecule has 5 nitrogen and oxygen atoms in total. The monoisotopic (exact) mass is 346 g/mol. The molecule has 7 heteroatoms. The molecule has 1 rings (SSSR count). The van der Waals surface area contributed by atoms with E-state index in [1.54, 1.807) is 12.1 Å². The van der Waals surface area contributed by atoms with Gasteiger partial charge in [-0.1, -0.05) is 42.3 Å². The van der Waals surface area contributed by atoms with Crippen molar-refractivity contribution in [2.24, 2.45) is 5.73 Å². The van der Waals surface area contributed by atoms with E-state index in [-0.39, 0.29) is 12.4 Å². The topological polar surface area (TPSA) is 72.6 Å². The standard InChI is InChI=1S/C16H27FN2O3S/c1-23(20,21)19(13-7-5-3-2-4-6-12-18)22-14-15-8-10-16(17)11-9-15/h8-11H,2-7,12-14,18H2,1H3. The van der Waals surface area contributed by atoms with Gasteiger partial charge in [-0.25, -0.2) is 12.8 Å². The molecule has 0 aromatic heterocycles. The highest BCUT2D eigenvalue weighted by Gasteiger charge is 2.17. The maximum atomic E-state index is 12.8. The molecule has 0 amide bonds. The van der Waals surface area contributed by atoms with Crippen LogP contribution in [0, 0.1) is 5.82 Å². The van der Waals surface area contributed by atoms with Gasteiger partial charge in [0, 0.05) is 6.54 Å². The summed E-state index contributed by atoms with van der Waals surface area (Å²) in [5.74, 6) is -0.330. The molecule has 0 aliphatic rings. The van der Waals surface area contributed by atoms with Crippen LogP contribution in [0.1, 0.15) is 44.1 Å². The number of sulfonamides is 1. The van der Waals surface area contributed by atoms with E-state index in [0.717, 1.165) is 61.4 Å². The molecule has 0 heterocycles. The summed E-state index contributed by atoms with van der Waals surface area (Å²) < 4.78 is 37.3. The first-order chi connectivity index (χ1) is 10.9. The maximum absolute atomic E-state index is 12.8. The van der Waals surface area contributed by atoms with Gasteiger partial charge in [0.15, 0.2) is 0 Å². The van der Waals surface area contributed by atoms with E-state index < -0.39 is 10.0 Å². The second-order valence-corrected chi connectivity index (χ2v) is 7.47. The number of nitrogens with zero attached hydrogens (tertiary/aromatic N) is 1. The molecule has 2 N–H and O–H groups in total. The Bertz CT molecular complexity index is 535. The minimum Gasteiger partial charge on any atom is -0.330 e. The molecule has 0 unspecified atom stereocenters. The van der Waals surface area contributed by atoms with Gasteiger partial charge in [0.25, 0.3) is 0 Å². The van der Waals surface area contributed by atoms with Gasteiger partial charge in [-0.15, -0.1) is 0 Å². The highest BCUT2D eigenvalue weighted by molar-refractivity contribution is 7.88. The first kappa shape index (κ1) is 20.0. The van der Waals surface area contributed by atoms with E-state index in [4.69, 9.17) is 10.6 Å². The van der Waals surface area contributed by atoms with Crippen LogP contribution in [0.2, 0.25) is 0 Å². The van der Waals surface area contributed by atoms with Crippen molar-refractivity contribution in [3.05, 3.63) is 35.6 Å². The Balaban J connectivity index is 2.34. The SMILES string of the molecule is CS(=O)(=O)N(CCCCCCCCN)OCc1ccc(F)cc1. The van der Waals surface area contributed by atoms with Crippen molar-refractivity contribution in [3.8, 4) is 0 Å². The Morgan fingerprint density at radius 1 is 1.04 bits per heavy atom. The van der Waals surface area contributed by atoms with E-state index in [0.29, 0.717) is 6.54 Å². The molecule has 0 saturated carbocycles. The van der Waals surface area contributed by atoms with Crippen LogP contribution < -0.4 is 5.73 Å². The van der Waals surface area contributed by atoms with Gasteiger partial charge < -0.3 is 5.73 Å². The normalized spacial score (nSPS) is 12.0. The van der Waals surface area contributed by atoms with Crippen LogP contribution in [0.4, 0.5) is 4.39 Å². The highest BCUT2D eigenvalue weighted by atomic mass is 32.2. The number of unbranched alkanes of at least 4 members (excludes halogenated alkanes) is 5. The van der Waals surface area contributed by atoms with Gasteiger partial charge in [0.2, 0.25) is 10.0 Å². The summed E-state index contributed by atoms with van der Waals surface area (Å²) in [5, 5.41) is 0. The van der Waals surface area contributed by atoms with Gasteiger partial charge in [0.1, 0.15) is 5.82 Å². The zero-order chi connectivity index (χ0) is 17.1. The van der Waals surface area contributed by atoms with Crippen LogP contribution in [0.15, 0.2) is 24.3 Å². The third-order valence-corrected chi connectivity index (χ3v) is 4.48. The number of hydroxylamine groups is 1. The van der Waals surface area contributed by atoms with Crippen LogP contribution in [-0.2, 0) is 21.5 Å². The molecule has 0 aliphatic heterocycles. The molecule has 132 valence electrons. The number of halogens is 1. The summed E-state index contributed by atoms with van der Waals surface area (Å²) in [5.41, 5.74) is 6.16. The number of rotatable bonds is 12. The van der Waals surface area contributed by atoms with Crippen molar-refractivity contribution in [2.45, 2.75) is 45.1 Å². The van der Waals surface area contributed by atoms with Gasteiger partial charge in [-0.2, -0.15) is 0 Å². The summed E-state index contributed by atoms with van der Waals surface area (Å²) in [7, 11) is -3.42. The van der Waals surface area contributed by atoms with Crippen LogP contribution in [0.5, 0.6) is 0 Å². The average molecular weight is 346 g/mol. The first-order valence-corrected chi connectivity index (χ1v) is 9.83. The van der Waals surface area contributed by atoms with Gasteiger partial charge in [-0.05, 0) is 37.1 Å². The molecule has 0 radical (unpaired) electrons. The van der Waals surface area contributed by atoms with Crippen LogP contribution in [0.25, 0.3) is 0 Å². The Morgan fingerprint density at radius 2 is 1.61 bits per heavy atom. The second kappa shape index (κ2) is 10.7. The fourth-order valence-electron chi connectivity index (χ4n) is 2.15. The summed E-state index contributed by atoms with van der Waals surface area (Å²) in [6, 6.07) is 5.80. The predicted molar refractivity (Wildman–Crippen MR) is 89.5 cm³/mol. The second-order valence-electron chi connectivity index (χ2n) is 5.60. The van der Waals surface area contributed by atoms with E-state index in [2.05, 4.69) is 0 Å². The van der Waals surface area contributed by atoms with Gasteiger partial charge in [0.05, 0.1) is 12.9 Å². The quantitative estimate of drug-likeness (QED) is 0.466. The Hall–Kier alpha value is -1.02. The molecular formula is C16H27FN2O3S. The minimum atomic E-state index is -3.42. The molecule has 23 heavy (non-hydrogen) atoms. The van der Waals surface area contributed by atoms with Crippen molar-refractivity contribution in [3.63, 3.8) is 0 Å². The van der Waals surface area contributed by atoms with E-state index in [1.807, 2.05) is 0 Å². The van der Waals surface area contributed by atoms with Gasteiger partial charge >= 0.3 is 0 Å². The number of hydrogen-bond donors (Lipinski definition) is 1. The lowest BCUT2D eigenvalue weighted by Gasteiger charge is -2.19. The minimum absolute atomic E-state index is 0.101. The van der Waals surface area contributed by atoms with E-state index in [1.165, 1.54) is 12.1 Å². The predicted octanol–water partition coefficient (Wildman–Crippen LogP) is 2.82. The molecule has 0 fully saturated rings. The fraction of sp³-hybridized carbons (Fsp3) is 0.625. The van der Waals surface area contributed by atoms with Crippen molar-refractivity contribution in [1.82, 2.24) is 4.47 Å². The molecule has 1 aromatic rings. The average Bonchev–Trinajstić information content (AvgIpc) is 2.49. The summed E-state index contributed by atoms with van der Waals surface area (Å²) >= 11 is 0. The molecule has 0 saturated heterocycles. The smallest absolute Gasteiger partial charge is 0.233 e. The molecule has 0 atom stereocenters. The van der Waals surface area contributed by atoms with Crippen molar-refractivity contribution in [2.75, 3.05) is 19.3 Å². The summed E-state index contributed by atoms with van der Waals surface area (Å²) in [6.45, 7) is 1.15.